The van der Waals surface area contributed by atoms with Gasteiger partial charge >= 0.3 is 15.6 Å². The van der Waals surface area contributed by atoms with Crippen molar-refractivity contribution in [2.75, 3.05) is 24.6 Å². The molecule has 1 aliphatic heterocycles. The molecular formula is C14H15F3N4O4S. The van der Waals surface area contributed by atoms with Crippen LogP contribution in [-0.2, 0) is 19.0 Å². The van der Waals surface area contributed by atoms with Crippen molar-refractivity contribution < 1.29 is 30.5 Å². The molecule has 0 N–H and O–H groups in total. The highest BCUT2D eigenvalue weighted by atomic mass is 32.2. The molecular weight excluding hydrogens is 377 g/mol. The van der Waals surface area contributed by atoms with Crippen molar-refractivity contribution in [3.05, 3.63) is 24.7 Å². The van der Waals surface area contributed by atoms with E-state index in [1.807, 2.05) is 4.90 Å². The normalized spacial score (nSPS) is 21.9. The Bertz CT molecular complexity index is 888. The highest BCUT2D eigenvalue weighted by Crippen LogP contribution is 2.28. The number of alkyl halides is 3. The first-order chi connectivity index (χ1) is 12.2. The van der Waals surface area contributed by atoms with Crippen LogP contribution in [0.25, 0.3) is 11.2 Å². The highest BCUT2D eigenvalue weighted by Gasteiger charge is 2.47. The fourth-order valence-electron chi connectivity index (χ4n) is 2.68. The van der Waals surface area contributed by atoms with E-state index < -0.39 is 28.3 Å². The monoisotopic (exact) mass is 392 g/mol. The Morgan fingerprint density at radius 1 is 1.23 bits per heavy atom. The molecule has 0 radical (unpaired) electrons. The number of aromatic nitrogens is 3. The van der Waals surface area contributed by atoms with Crippen LogP contribution < -0.4 is 4.90 Å². The van der Waals surface area contributed by atoms with Crippen LogP contribution in [0.3, 0.4) is 0 Å². The van der Waals surface area contributed by atoms with Crippen LogP contribution in [0, 0.1) is 0 Å². The van der Waals surface area contributed by atoms with Gasteiger partial charge in [0.2, 0.25) is 0 Å². The molecule has 3 rings (SSSR count). The first-order valence-electron chi connectivity index (χ1n) is 7.59. The lowest BCUT2D eigenvalue weighted by molar-refractivity contribution is -0.0656. The molecule has 142 valence electrons. The molecule has 1 fully saturated rings. The number of hydrogen-bond donors (Lipinski definition) is 0. The van der Waals surface area contributed by atoms with Gasteiger partial charge in [0.15, 0.2) is 5.65 Å². The maximum absolute atomic E-state index is 12.4. The number of morpholine rings is 1. The second-order valence-electron chi connectivity index (χ2n) is 5.72. The lowest BCUT2D eigenvalue weighted by Crippen LogP contribution is -2.49. The van der Waals surface area contributed by atoms with Gasteiger partial charge in [-0.25, -0.2) is 15.0 Å². The van der Waals surface area contributed by atoms with E-state index in [4.69, 9.17) is 4.74 Å². The Morgan fingerprint density at radius 3 is 2.65 bits per heavy atom. The summed E-state index contributed by atoms with van der Waals surface area (Å²) in [4.78, 5) is 14.3. The van der Waals surface area contributed by atoms with Gasteiger partial charge in [0.25, 0.3) is 0 Å². The quantitative estimate of drug-likeness (QED) is 0.571. The van der Waals surface area contributed by atoms with E-state index in [2.05, 4.69) is 19.1 Å². The van der Waals surface area contributed by atoms with Crippen molar-refractivity contribution in [2.45, 2.75) is 24.6 Å². The molecule has 26 heavy (non-hydrogen) atoms. The Morgan fingerprint density at radius 2 is 1.92 bits per heavy atom. The van der Waals surface area contributed by atoms with Crippen LogP contribution in [0.4, 0.5) is 18.9 Å². The van der Waals surface area contributed by atoms with Crippen molar-refractivity contribution in [3.63, 3.8) is 0 Å². The molecule has 12 heteroatoms. The average Bonchev–Trinajstić information content (AvgIpc) is 2.58. The van der Waals surface area contributed by atoms with Gasteiger partial charge in [0, 0.05) is 31.7 Å². The summed E-state index contributed by atoms with van der Waals surface area (Å²) in [5.41, 5.74) is -3.82. The van der Waals surface area contributed by atoms with E-state index in [1.165, 1.54) is 12.4 Å². The molecule has 0 aliphatic carbocycles. The summed E-state index contributed by atoms with van der Waals surface area (Å²) in [7, 11) is -5.66. The van der Waals surface area contributed by atoms with Crippen LogP contribution in [0.5, 0.6) is 0 Å². The summed E-state index contributed by atoms with van der Waals surface area (Å²) >= 11 is 0. The molecule has 0 aromatic carbocycles. The van der Waals surface area contributed by atoms with Crippen molar-refractivity contribution in [2.24, 2.45) is 0 Å². The van der Waals surface area contributed by atoms with Crippen LogP contribution in [0.1, 0.15) is 6.92 Å². The van der Waals surface area contributed by atoms with Gasteiger partial charge in [-0.2, -0.15) is 21.6 Å². The Kier molecular flexibility index (Phi) is 4.99. The zero-order chi connectivity index (χ0) is 18.9. The van der Waals surface area contributed by atoms with Gasteiger partial charge in [0.1, 0.15) is 11.6 Å². The Balaban J connectivity index is 1.78. The lowest BCUT2D eigenvalue weighted by atomic mass is 10.2. The second kappa shape index (κ2) is 6.93. The topological polar surface area (TPSA) is 94.5 Å². The Labute approximate surface area is 147 Å². The summed E-state index contributed by atoms with van der Waals surface area (Å²) in [6.07, 6.45) is 3.33. The second-order valence-corrected chi connectivity index (χ2v) is 7.32. The van der Waals surface area contributed by atoms with Crippen molar-refractivity contribution in [1.82, 2.24) is 15.0 Å². The zero-order valence-corrected chi connectivity index (χ0v) is 14.4. The van der Waals surface area contributed by atoms with E-state index in [1.54, 1.807) is 19.2 Å². The fraction of sp³-hybridized carbons (Fsp3) is 0.500. The number of rotatable bonds is 4. The van der Waals surface area contributed by atoms with Gasteiger partial charge in [-0.05, 0) is 13.0 Å². The van der Waals surface area contributed by atoms with E-state index in [0.717, 1.165) is 0 Å². The predicted molar refractivity (Wildman–Crippen MR) is 84.8 cm³/mol. The number of fused-ring (bicyclic) bond motifs is 1. The van der Waals surface area contributed by atoms with Gasteiger partial charge in [-0.15, -0.1) is 0 Å². The molecule has 0 unspecified atom stereocenters. The van der Waals surface area contributed by atoms with Gasteiger partial charge in [0.05, 0.1) is 18.4 Å². The molecule has 8 nitrogen and oxygen atoms in total. The zero-order valence-electron chi connectivity index (χ0n) is 13.5. The third kappa shape index (κ3) is 3.86. The molecule has 2 atom stereocenters. The van der Waals surface area contributed by atoms with Crippen molar-refractivity contribution in [1.29, 1.82) is 0 Å². The molecule has 2 aromatic rings. The van der Waals surface area contributed by atoms with Crippen molar-refractivity contribution >= 4 is 27.0 Å². The minimum absolute atomic E-state index is 0.132. The van der Waals surface area contributed by atoms with E-state index in [9.17, 15) is 21.6 Å². The highest BCUT2D eigenvalue weighted by molar-refractivity contribution is 7.87. The summed E-state index contributed by atoms with van der Waals surface area (Å²) in [5, 5.41) is 0. The summed E-state index contributed by atoms with van der Waals surface area (Å²) in [5.74, 6) is 0. The van der Waals surface area contributed by atoms with E-state index in [-0.39, 0.29) is 12.6 Å². The summed E-state index contributed by atoms with van der Waals surface area (Å²) < 4.78 is 68.9. The number of ether oxygens (including phenoxy) is 1. The van der Waals surface area contributed by atoms with Crippen LogP contribution in [0.2, 0.25) is 0 Å². The minimum atomic E-state index is -5.66. The Hall–Kier alpha value is -2.05. The summed E-state index contributed by atoms with van der Waals surface area (Å²) in [6.45, 7) is 1.56. The maximum Gasteiger partial charge on any atom is 0.523 e. The SMILES string of the molecule is C[C@@H]1CN(c2ccnc3nccnc23)C[C@H](COS(=O)(=O)C(F)(F)F)O1. The lowest BCUT2D eigenvalue weighted by Gasteiger charge is -2.38. The molecule has 1 saturated heterocycles. The predicted octanol–water partition coefficient (Wildman–Crippen LogP) is 1.48. The first kappa shape index (κ1) is 18.7. The van der Waals surface area contributed by atoms with Gasteiger partial charge in [-0.1, -0.05) is 0 Å². The third-order valence-electron chi connectivity index (χ3n) is 3.71. The third-order valence-corrected chi connectivity index (χ3v) is 4.72. The smallest absolute Gasteiger partial charge is 0.369 e. The summed E-state index contributed by atoms with van der Waals surface area (Å²) in [6, 6.07) is 1.71. The number of hydrogen-bond acceptors (Lipinski definition) is 8. The maximum atomic E-state index is 12.4. The van der Waals surface area contributed by atoms with Crippen molar-refractivity contribution in [3.8, 4) is 0 Å². The average molecular weight is 392 g/mol. The number of nitrogens with zero attached hydrogens (tertiary/aromatic N) is 4. The standard InChI is InChI=1S/C14H15F3N4O4S/c1-9-6-21(11-2-3-19-13-12(11)18-4-5-20-13)7-10(25-9)8-24-26(22,23)14(15,16)17/h2-5,9-10H,6-8H2,1H3/t9-,10-/m1/s1. The minimum Gasteiger partial charge on any atom is -0.369 e. The molecule has 0 bridgehead atoms. The molecule has 0 spiro atoms. The van der Waals surface area contributed by atoms with Gasteiger partial charge < -0.3 is 9.64 Å². The fourth-order valence-corrected chi connectivity index (χ4v) is 3.15. The molecule has 2 aromatic heterocycles. The van der Waals surface area contributed by atoms with Crippen LogP contribution >= 0.6 is 0 Å². The molecule has 3 heterocycles. The largest absolute Gasteiger partial charge is 0.523 e. The van der Waals surface area contributed by atoms with Gasteiger partial charge in [-0.3, -0.25) is 4.18 Å². The van der Waals surface area contributed by atoms with Crippen LogP contribution in [-0.4, -0.2) is 60.8 Å². The number of anilines is 1. The molecule has 0 amide bonds. The number of pyridine rings is 1. The molecule has 0 saturated carbocycles. The van der Waals surface area contributed by atoms with Crippen LogP contribution in [0.15, 0.2) is 24.7 Å². The van der Waals surface area contributed by atoms with E-state index >= 15 is 0 Å². The number of halogens is 3. The first-order valence-corrected chi connectivity index (χ1v) is 9.00. The molecule has 1 aliphatic rings. The van der Waals surface area contributed by atoms with E-state index in [0.29, 0.717) is 23.4 Å².